The van der Waals surface area contributed by atoms with E-state index in [1.54, 1.807) is 36.4 Å². The zero-order chi connectivity index (χ0) is 17.3. The van der Waals surface area contributed by atoms with E-state index in [-0.39, 0.29) is 18.9 Å². The van der Waals surface area contributed by atoms with Gasteiger partial charge in [-0.2, -0.15) is 0 Å². The fraction of sp³-hybridized carbons (Fsp3) is 0.188. The number of rotatable bonds is 4. The summed E-state index contributed by atoms with van der Waals surface area (Å²) in [6.07, 6.45) is 0. The third-order valence-electron chi connectivity index (χ3n) is 3.59. The van der Waals surface area contributed by atoms with Crippen LogP contribution in [0.5, 0.6) is 5.75 Å². The second-order valence-corrected chi connectivity index (χ2v) is 7.95. The van der Waals surface area contributed by atoms with E-state index >= 15 is 0 Å². The van der Waals surface area contributed by atoms with Crippen molar-refractivity contribution in [1.29, 1.82) is 0 Å². The Morgan fingerprint density at radius 3 is 2.62 bits per heavy atom. The molecular weight excluding hydrogens is 373 g/mol. The summed E-state index contributed by atoms with van der Waals surface area (Å²) in [6.45, 7) is -0.0943. The van der Waals surface area contributed by atoms with Gasteiger partial charge in [-0.25, -0.2) is 12.7 Å². The van der Waals surface area contributed by atoms with Crippen LogP contribution < -0.4 is 4.74 Å². The van der Waals surface area contributed by atoms with Crippen molar-refractivity contribution in [1.82, 2.24) is 4.31 Å². The maximum Gasteiger partial charge on any atom is 0.267 e. The number of fused-ring (bicyclic) bond motifs is 1. The largest absolute Gasteiger partial charge is 0.490 e. The fourth-order valence-corrected chi connectivity index (χ4v) is 4.43. The van der Waals surface area contributed by atoms with Gasteiger partial charge in [0.25, 0.3) is 5.91 Å². The van der Waals surface area contributed by atoms with E-state index in [9.17, 15) is 13.2 Å². The van der Waals surface area contributed by atoms with E-state index in [1.807, 2.05) is 0 Å². The Labute approximate surface area is 149 Å². The first-order valence-electron chi connectivity index (χ1n) is 7.09. The molecule has 0 aromatic heterocycles. The molecule has 3 rings (SSSR count). The Hall–Kier alpha value is -1.76. The summed E-state index contributed by atoms with van der Waals surface area (Å²) in [4.78, 5) is 12.4. The molecule has 0 saturated heterocycles. The fourth-order valence-electron chi connectivity index (χ4n) is 2.46. The van der Waals surface area contributed by atoms with Crippen LogP contribution in [-0.4, -0.2) is 31.8 Å². The highest BCUT2D eigenvalue weighted by atomic mass is 35.5. The number of sulfonamides is 1. The van der Waals surface area contributed by atoms with E-state index in [0.717, 1.165) is 4.31 Å². The van der Waals surface area contributed by atoms with Crippen LogP contribution in [0.15, 0.2) is 42.5 Å². The first kappa shape index (κ1) is 17.1. The first-order valence-corrected chi connectivity index (χ1v) is 9.45. The summed E-state index contributed by atoms with van der Waals surface area (Å²) in [5, 5.41) is 0.790. The van der Waals surface area contributed by atoms with Gasteiger partial charge in [0.15, 0.2) is 0 Å². The second-order valence-electron chi connectivity index (χ2n) is 5.21. The molecule has 0 unspecified atom stereocenters. The van der Waals surface area contributed by atoms with Gasteiger partial charge in [0.2, 0.25) is 10.0 Å². The van der Waals surface area contributed by atoms with Gasteiger partial charge in [0, 0.05) is 10.6 Å². The van der Waals surface area contributed by atoms with E-state index < -0.39 is 15.9 Å². The molecule has 0 radical (unpaired) electrons. The molecule has 0 spiro atoms. The summed E-state index contributed by atoms with van der Waals surface area (Å²) in [6, 6.07) is 11.4. The number of halogens is 2. The summed E-state index contributed by atoms with van der Waals surface area (Å²) in [5.41, 5.74) is 0.914. The maximum atomic E-state index is 12.4. The third kappa shape index (κ3) is 3.36. The normalized spacial score (nSPS) is 15.9. The lowest BCUT2D eigenvalue weighted by Crippen LogP contribution is -2.44. The number of benzene rings is 2. The minimum Gasteiger partial charge on any atom is -0.490 e. The van der Waals surface area contributed by atoms with E-state index in [4.69, 9.17) is 27.9 Å². The number of carbonyl (C=O) groups is 1. The molecule has 0 fully saturated rings. The Morgan fingerprint density at radius 2 is 1.88 bits per heavy atom. The number of ether oxygens (including phenoxy) is 1. The molecule has 0 aliphatic carbocycles. The van der Waals surface area contributed by atoms with Gasteiger partial charge in [-0.15, -0.1) is 0 Å². The van der Waals surface area contributed by atoms with Crippen molar-refractivity contribution in [3.63, 3.8) is 0 Å². The van der Waals surface area contributed by atoms with Gasteiger partial charge in [-0.3, -0.25) is 4.79 Å². The van der Waals surface area contributed by atoms with Crippen molar-refractivity contribution in [2.45, 2.75) is 5.75 Å². The van der Waals surface area contributed by atoms with Crippen LogP contribution in [0.3, 0.4) is 0 Å². The number of amides is 1. The molecule has 2 aromatic carbocycles. The highest BCUT2D eigenvalue weighted by molar-refractivity contribution is 7.89. The third-order valence-corrected chi connectivity index (χ3v) is 5.82. The molecule has 1 aliphatic heterocycles. The van der Waals surface area contributed by atoms with E-state index in [0.29, 0.717) is 26.9 Å². The summed E-state index contributed by atoms with van der Waals surface area (Å²) in [5.74, 6) is -0.359. The van der Waals surface area contributed by atoms with Crippen LogP contribution in [0.25, 0.3) is 0 Å². The Bertz CT molecular complexity index is 899. The number of hydrogen-bond acceptors (Lipinski definition) is 4. The summed E-state index contributed by atoms with van der Waals surface area (Å²) >= 11 is 11.8. The Balaban J connectivity index is 1.74. The number of hydrogen-bond donors (Lipinski definition) is 0. The Morgan fingerprint density at radius 1 is 1.12 bits per heavy atom. The van der Waals surface area contributed by atoms with Crippen molar-refractivity contribution in [3.05, 3.63) is 63.6 Å². The smallest absolute Gasteiger partial charge is 0.267 e. The van der Waals surface area contributed by atoms with Gasteiger partial charge >= 0.3 is 0 Å². The average molecular weight is 386 g/mol. The van der Waals surface area contributed by atoms with Crippen LogP contribution in [0.2, 0.25) is 10.0 Å². The van der Waals surface area contributed by atoms with Crippen LogP contribution in [-0.2, 0) is 15.8 Å². The topological polar surface area (TPSA) is 63.7 Å². The maximum absolute atomic E-state index is 12.4. The molecule has 126 valence electrons. The van der Waals surface area contributed by atoms with Crippen molar-refractivity contribution >= 4 is 39.1 Å². The molecule has 0 N–H and O–H groups in total. The highest BCUT2D eigenvalue weighted by Gasteiger charge is 2.35. The monoisotopic (exact) mass is 385 g/mol. The van der Waals surface area contributed by atoms with Crippen LogP contribution >= 0.6 is 23.2 Å². The average Bonchev–Trinajstić information content (AvgIpc) is 2.52. The van der Waals surface area contributed by atoms with Gasteiger partial charge in [-0.05, 0) is 29.8 Å². The van der Waals surface area contributed by atoms with Gasteiger partial charge in [-0.1, -0.05) is 41.4 Å². The lowest BCUT2D eigenvalue weighted by molar-refractivity contribution is 0.0841. The minimum absolute atomic E-state index is 0.00547. The standard InChI is InChI=1S/C16H13Cl2NO4S/c17-12-5-6-15(14(18)9-12)23-8-7-19-16(20)13-4-2-1-3-11(13)10-24(19,21)22/h1-6,9H,7-8,10H2. The van der Waals surface area contributed by atoms with Crippen molar-refractivity contribution in [2.24, 2.45) is 0 Å². The Kier molecular flexibility index (Phi) is 4.71. The summed E-state index contributed by atoms with van der Waals surface area (Å²) < 4.78 is 31.0. The molecule has 5 nitrogen and oxygen atoms in total. The molecular formula is C16H13Cl2NO4S. The van der Waals surface area contributed by atoms with Crippen LogP contribution in [0, 0.1) is 0 Å². The van der Waals surface area contributed by atoms with Crippen LogP contribution in [0.4, 0.5) is 0 Å². The highest BCUT2D eigenvalue weighted by Crippen LogP contribution is 2.28. The van der Waals surface area contributed by atoms with Gasteiger partial charge in [0.05, 0.1) is 17.3 Å². The zero-order valence-corrected chi connectivity index (χ0v) is 14.7. The first-order chi connectivity index (χ1) is 11.4. The van der Waals surface area contributed by atoms with E-state index in [2.05, 4.69) is 0 Å². The molecule has 24 heavy (non-hydrogen) atoms. The minimum atomic E-state index is -3.71. The molecule has 0 saturated carbocycles. The second kappa shape index (κ2) is 6.63. The molecule has 0 atom stereocenters. The predicted octanol–water partition coefficient (Wildman–Crippen LogP) is 3.36. The quantitative estimate of drug-likeness (QED) is 0.809. The lowest BCUT2D eigenvalue weighted by atomic mass is 10.1. The SMILES string of the molecule is O=C1c2ccccc2CS(=O)(=O)N1CCOc1ccc(Cl)cc1Cl. The van der Waals surface area contributed by atoms with Crippen molar-refractivity contribution < 1.29 is 17.9 Å². The molecule has 0 bridgehead atoms. The van der Waals surface area contributed by atoms with Crippen LogP contribution in [0.1, 0.15) is 15.9 Å². The van der Waals surface area contributed by atoms with Gasteiger partial charge in [0.1, 0.15) is 12.4 Å². The molecule has 8 heteroatoms. The molecule has 1 heterocycles. The number of carbonyl (C=O) groups excluding carboxylic acids is 1. The molecule has 1 aliphatic rings. The zero-order valence-electron chi connectivity index (χ0n) is 12.4. The lowest BCUT2D eigenvalue weighted by Gasteiger charge is -2.28. The van der Waals surface area contributed by atoms with Crippen molar-refractivity contribution in [3.8, 4) is 5.75 Å². The van der Waals surface area contributed by atoms with Gasteiger partial charge < -0.3 is 4.74 Å². The van der Waals surface area contributed by atoms with E-state index in [1.165, 1.54) is 6.07 Å². The molecule has 2 aromatic rings. The predicted molar refractivity (Wildman–Crippen MR) is 92.1 cm³/mol. The molecule has 1 amide bonds. The van der Waals surface area contributed by atoms with Crippen molar-refractivity contribution in [2.75, 3.05) is 13.2 Å². The number of nitrogens with zero attached hydrogens (tertiary/aromatic N) is 1. The summed E-state index contributed by atoms with van der Waals surface area (Å²) in [7, 11) is -3.71.